The fourth-order valence-electron chi connectivity index (χ4n) is 3.75. The van der Waals surface area contributed by atoms with Gasteiger partial charge in [-0.05, 0) is 59.5 Å². The van der Waals surface area contributed by atoms with E-state index in [4.69, 9.17) is 19.3 Å². The molecule has 0 bridgehead atoms. The van der Waals surface area contributed by atoms with Gasteiger partial charge in [0.25, 0.3) is 0 Å². The molecule has 3 aromatic rings. The Labute approximate surface area is 178 Å². The maximum Gasteiger partial charge on any atom is 0.203 e. The summed E-state index contributed by atoms with van der Waals surface area (Å²) in [6.45, 7) is 0.928. The van der Waals surface area contributed by atoms with Crippen LogP contribution in [0.2, 0.25) is 0 Å². The van der Waals surface area contributed by atoms with Crippen LogP contribution in [0.15, 0.2) is 40.9 Å². The zero-order valence-corrected chi connectivity index (χ0v) is 18.4. The van der Waals surface area contributed by atoms with Gasteiger partial charge in [0.05, 0.1) is 32.7 Å². The van der Waals surface area contributed by atoms with Gasteiger partial charge in [-0.1, -0.05) is 12.1 Å². The normalized spacial score (nSPS) is 13.2. The van der Waals surface area contributed by atoms with Gasteiger partial charge in [0.2, 0.25) is 5.75 Å². The molecule has 6 nitrogen and oxygen atoms in total. The van der Waals surface area contributed by atoms with Gasteiger partial charge in [-0.3, -0.25) is 0 Å². The SMILES string of the molecule is COc1cc(-c2nn(-c3ccccc3Br)c3c2CCCCN3)cc(OC)c1OC. The first-order chi connectivity index (χ1) is 14.2. The molecule has 7 heteroatoms. The van der Waals surface area contributed by atoms with Crippen LogP contribution in [0.3, 0.4) is 0 Å². The van der Waals surface area contributed by atoms with E-state index < -0.39 is 0 Å². The molecule has 0 amide bonds. The lowest BCUT2D eigenvalue weighted by Gasteiger charge is -2.14. The van der Waals surface area contributed by atoms with Gasteiger partial charge >= 0.3 is 0 Å². The van der Waals surface area contributed by atoms with E-state index in [2.05, 4.69) is 27.3 Å². The van der Waals surface area contributed by atoms with Crippen LogP contribution >= 0.6 is 15.9 Å². The summed E-state index contributed by atoms with van der Waals surface area (Å²) in [4.78, 5) is 0. The van der Waals surface area contributed by atoms with E-state index in [0.29, 0.717) is 17.2 Å². The second-order valence-corrected chi connectivity index (χ2v) is 7.69. The number of benzene rings is 2. The van der Waals surface area contributed by atoms with Gasteiger partial charge < -0.3 is 19.5 Å². The third kappa shape index (κ3) is 3.55. The Morgan fingerprint density at radius 1 is 1.00 bits per heavy atom. The smallest absolute Gasteiger partial charge is 0.203 e. The van der Waals surface area contributed by atoms with Crippen molar-refractivity contribution in [3.63, 3.8) is 0 Å². The minimum Gasteiger partial charge on any atom is -0.493 e. The number of hydrogen-bond donors (Lipinski definition) is 1. The third-order valence-electron chi connectivity index (χ3n) is 5.15. The highest BCUT2D eigenvalue weighted by Crippen LogP contribution is 2.43. The van der Waals surface area contributed by atoms with Crippen molar-refractivity contribution in [2.45, 2.75) is 19.3 Å². The maximum atomic E-state index is 5.56. The van der Waals surface area contributed by atoms with E-state index in [1.165, 1.54) is 5.56 Å². The molecule has 1 aliphatic heterocycles. The summed E-state index contributed by atoms with van der Waals surface area (Å²) in [5.41, 5.74) is 4.05. The Balaban J connectivity index is 1.94. The van der Waals surface area contributed by atoms with Crippen molar-refractivity contribution in [1.82, 2.24) is 9.78 Å². The Morgan fingerprint density at radius 2 is 1.72 bits per heavy atom. The van der Waals surface area contributed by atoms with Crippen LogP contribution in [-0.2, 0) is 6.42 Å². The van der Waals surface area contributed by atoms with Crippen LogP contribution in [0.5, 0.6) is 17.2 Å². The molecule has 0 aliphatic carbocycles. The molecular weight excluding hydrogens is 434 g/mol. The van der Waals surface area contributed by atoms with Gasteiger partial charge in [-0.2, -0.15) is 5.10 Å². The Hall–Kier alpha value is -2.67. The first kappa shape index (κ1) is 19.6. The van der Waals surface area contributed by atoms with Crippen molar-refractivity contribution >= 4 is 21.7 Å². The van der Waals surface area contributed by atoms with Crippen LogP contribution in [-0.4, -0.2) is 37.7 Å². The number of rotatable bonds is 5. The largest absolute Gasteiger partial charge is 0.493 e. The van der Waals surface area contributed by atoms with E-state index in [1.54, 1.807) is 21.3 Å². The van der Waals surface area contributed by atoms with Crippen LogP contribution in [0, 0.1) is 0 Å². The minimum absolute atomic E-state index is 0.577. The summed E-state index contributed by atoms with van der Waals surface area (Å²) in [5, 5.41) is 8.60. The summed E-state index contributed by atoms with van der Waals surface area (Å²) in [6, 6.07) is 12.0. The average molecular weight is 458 g/mol. The number of nitrogens with zero attached hydrogens (tertiary/aromatic N) is 2. The third-order valence-corrected chi connectivity index (χ3v) is 5.82. The number of aromatic nitrogens is 2. The standard InChI is InChI=1S/C22H24BrN3O3/c1-27-18-12-14(13-19(28-2)21(18)29-3)20-15-8-6-7-11-24-22(15)26(25-20)17-10-5-4-9-16(17)23/h4-5,9-10,12-13,24H,6-8,11H2,1-3H3. The second kappa shape index (κ2) is 8.37. The zero-order valence-electron chi connectivity index (χ0n) is 16.8. The lowest BCUT2D eigenvalue weighted by molar-refractivity contribution is 0.324. The number of nitrogens with one attached hydrogen (secondary N) is 1. The maximum absolute atomic E-state index is 5.56. The highest BCUT2D eigenvalue weighted by Gasteiger charge is 2.24. The van der Waals surface area contributed by atoms with Gasteiger partial charge in [0.1, 0.15) is 5.82 Å². The van der Waals surface area contributed by atoms with E-state index >= 15 is 0 Å². The number of methoxy groups -OCH3 is 3. The quantitative estimate of drug-likeness (QED) is 0.578. The molecule has 152 valence electrons. The molecule has 0 saturated carbocycles. The minimum atomic E-state index is 0.577. The molecule has 0 atom stereocenters. The van der Waals surface area contributed by atoms with E-state index in [1.807, 2.05) is 35.0 Å². The fourth-order valence-corrected chi connectivity index (χ4v) is 4.20. The molecule has 4 rings (SSSR count). The molecule has 0 radical (unpaired) electrons. The molecule has 1 aliphatic rings. The summed E-state index contributed by atoms with van der Waals surface area (Å²) in [6.07, 6.45) is 3.19. The molecule has 2 heterocycles. The van der Waals surface area contributed by atoms with Crippen molar-refractivity contribution in [3.8, 4) is 34.2 Å². The van der Waals surface area contributed by atoms with E-state index in [0.717, 1.165) is 53.0 Å². The Kier molecular flexibility index (Phi) is 5.67. The molecule has 1 aromatic heterocycles. The number of hydrogen-bond acceptors (Lipinski definition) is 5. The van der Waals surface area contributed by atoms with Crippen LogP contribution < -0.4 is 19.5 Å². The molecular formula is C22H24BrN3O3. The first-order valence-electron chi connectivity index (χ1n) is 9.59. The lowest BCUT2D eigenvalue weighted by Crippen LogP contribution is -2.07. The van der Waals surface area contributed by atoms with Crippen molar-refractivity contribution in [3.05, 3.63) is 46.4 Å². The van der Waals surface area contributed by atoms with Crippen molar-refractivity contribution < 1.29 is 14.2 Å². The second-order valence-electron chi connectivity index (χ2n) is 6.84. The predicted molar refractivity (Wildman–Crippen MR) is 118 cm³/mol. The van der Waals surface area contributed by atoms with Crippen LogP contribution in [0.4, 0.5) is 5.82 Å². The number of anilines is 1. The number of fused-ring (bicyclic) bond motifs is 1. The number of para-hydroxylation sites is 1. The van der Waals surface area contributed by atoms with Gasteiger partial charge in [0.15, 0.2) is 11.5 Å². The van der Waals surface area contributed by atoms with Crippen molar-refractivity contribution in [1.29, 1.82) is 0 Å². The first-order valence-corrected chi connectivity index (χ1v) is 10.4. The Morgan fingerprint density at radius 3 is 2.38 bits per heavy atom. The summed E-state index contributed by atoms with van der Waals surface area (Å²) in [5.74, 6) is 2.85. The van der Waals surface area contributed by atoms with Crippen molar-refractivity contribution in [2.75, 3.05) is 33.2 Å². The van der Waals surface area contributed by atoms with E-state index in [9.17, 15) is 0 Å². The summed E-state index contributed by atoms with van der Waals surface area (Å²) in [7, 11) is 4.86. The monoisotopic (exact) mass is 457 g/mol. The predicted octanol–water partition coefficient (Wildman–Crippen LogP) is 5.08. The number of halogens is 1. The van der Waals surface area contributed by atoms with Gasteiger partial charge in [0, 0.05) is 22.1 Å². The van der Waals surface area contributed by atoms with E-state index in [-0.39, 0.29) is 0 Å². The van der Waals surface area contributed by atoms with Gasteiger partial charge in [-0.25, -0.2) is 4.68 Å². The molecule has 0 spiro atoms. The molecule has 2 aromatic carbocycles. The number of ether oxygens (including phenoxy) is 3. The summed E-state index contributed by atoms with van der Waals surface area (Å²) >= 11 is 3.67. The highest BCUT2D eigenvalue weighted by molar-refractivity contribution is 9.10. The fraction of sp³-hybridized carbons (Fsp3) is 0.318. The lowest BCUT2D eigenvalue weighted by atomic mass is 10.0. The highest BCUT2D eigenvalue weighted by atomic mass is 79.9. The zero-order chi connectivity index (χ0) is 20.4. The van der Waals surface area contributed by atoms with Crippen LogP contribution in [0.25, 0.3) is 16.9 Å². The molecule has 1 N–H and O–H groups in total. The average Bonchev–Trinajstić information content (AvgIpc) is 2.93. The summed E-state index contributed by atoms with van der Waals surface area (Å²) < 4.78 is 19.6. The molecule has 0 saturated heterocycles. The topological polar surface area (TPSA) is 57.5 Å². The van der Waals surface area contributed by atoms with Crippen molar-refractivity contribution in [2.24, 2.45) is 0 Å². The molecule has 0 fully saturated rings. The van der Waals surface area contributed by atoms with Gasteiger partial charge in [-0.15, -0.1) is 0 Å². The van der Waals surface area contributed by atoms with Crippen LogP contribution in [0.1, 0.15) is 18.4 Å². The molecule has 0 unspecified atom stereocenters. The molecule has 29 heavy (non-hydrogen) atoms. The Bertz CT molecular complexity index is 1010.